The molecule has 19 heavy (non-hydrogen) atoms. The summed E-state index contributed by atoms with van der Waals surface area (Å²) in [5, 5.41) is 2.78. The van der Waals surface area contributed by atoms with Gasteiger partial charge in [-0.15, -0.1) is 0 Å². The van der Waals surface area contributed by atoms with Crippen LogP contribution in [0.5, 0.6) is 0 Å². The molecule has 0 amide bonds. The van der Waals surface area contributed by atoms with Crippen molar-refractivity contribution in [2.24, 2.45) is 0 Å². The molecule has 1 aromatic rings. The average Bonchev–Trinajstić information content (AvgIpc) is 2.37. The van der Waals surface area contributed by atoms with Crippen LogP contribution in [0.2, 0.25) is 0 Å². The molecule has 1 aromatic heterocycles. The Hall–Kier alpha value is -0.310. The van der Waals surface area contributed by atoms with Crippen LogP contribution in [0.4, 0.5) is 5.82 Å². The number of pyridine rings is 1. The molecule has 1 rings (SSSR count). The summed E-state index contributed by atoms with van der Waals surface area (Å²) in [4.78, 5) is 4.19. The second kappa shape index (κ2) is 6.43. The summed E-state index contributed by atoms with van der Waals surface area (Å²) in [6.45, 7) is 4.32. The first kappa shape index (κ1) is 16.7. The first-order valence-corrected chi connectivity index (χ1v) is 9.10. The van der Waals surface area contributed by atoms with Crippen molar-refractivity contribution < 1.29 is 8.42 Å². The highest BCUT2D eigenvalue weighted by atomic mass is 79.9. The maximum Gasteiger partial charge on any atom is 0.244 e. The van der Waals surface area contributed by atoms with Crippen molar-refractivity contribution in [3.63, 3.8) is 0 Å². The number of thioether (sulfide) groups is 1. The minimum atomic E-state index is -3.59. The van der Waals surface area contributed by atoms with Crippen LogP contribution in [0.15, 0.2) is 21.6 Å². The van der Waals surface area contributed by atoms with E-state index in [0.717, 1.165) is 0 Å². The van der Waals surface area contributed by atoms with Gasteiger partial charge in [-0.1, -0.05) is 0 Å². The van der Waals surface area contributed by atoms with Gasteiger partial charge in [0.15, 0.2) is 0 Å². The Labute approximate surface area is 127 Å². The summed E-state index contributed by atoms with van der Waals surface area (Å²) in [5.41, 5.74) is 0. The second-order valence-corrected chi connectivity index (χ2v) is 8.70. The van der Waals surface area contributed by atoms with Crippen LogP contribution in [0.3, 0.4) is 0 Å². The van der Waals surface area contributed by atoms with E-state index in [1.807, 2.05) is 20.1 Å². The normalized spacial score (nSPS) is 12.5. The van der Waals surface area contributed by atoms with Gasteiger partial charge in [-0.05, 0) is 42.1 Å². The lowest BCUT2D eigenvalue weighted by Crippen LogP contribution is -2.36. The van der Waals surface area contributed by atoms with E-state index < -0.39 is 10.0 Å². The highest BCUT2D eigenvalue weighted by Gasteiger charge is 2.24. The summed E-state index contributed by atoms with van der Waals surface area (Å²) in [6.07, 6.45) is 3.50. The Bertz CT molecular complexity index is 547. The molecule has 0 aliphatic carbocycles. The standard InChI is InChI=1S/C11H18BrN3O2S2/c1-11(2,18-4)7-15-19(16,17)9-5-8(12)6-14-10(9)13-3/h5-6,15H,7H2,1-4H3,(H,13,14). The third-order valence-corrected chi connectivity index (χ3v) is 5.68. The fourth-order valence-electron chi connectivity index (χ4n) is 1.23. The fraction of sp³-hybridized carbons (Fsp3) is 0.545. The van der Waals surface area contributed by atoms with Crippen molar-refractivity contribution in [1.82, 2.24) is 9.71 Å². The fourth-order valence-corrected chi connectivity index (χ4v) is 3.42. The minimum absolute atomic E-state index is 0.140. The first-order chi connectivity index (χ1) is 8.72. The highest BCUT2D eigenvalue weighted by Crippen LogP contribution is 2.24. The molecule has 8 heteroatoms. The van der Waals surface area contributed by atoms with Crippen LogP contribution in [-0.2, 0) is 10.0 Å². The van der Waals surface area contributed by atoms with E-state index in [1.165, 1.54) is 6.07 Å². The van der Waals surface area contributed by atoms with Gasteiger partial charge in [-0.25, -0.2) is 18.1 Å². The zero-order valence-electron chi connectivity index (χ0n) is 11.3. The molecule has 5 nitrogen and oxygen atoms in total. The van der Waals surface area contributed by atoms with Crippen molar-refractivity contribution in [3.8, 4) is 0 Å². The van der Waals surface area contributed by atoms with Crippen LogP contribution in [0.1, 0.15) is 13.8 Å². The second-order valence-electron chi connectivity index (χ2n) is 4.54. The molecule has 0 spiro atoms. The van der Waals surface area contributed by atoms with Gasteiger partial charge in [0.1, 0.15) is 10.7 Å². The van der Waals surface area contributed by atoms with Gasteiger partial charge in [0, 0.05) is 29.0 Å². The summed E-state index contributed by atoms with van der Waals surface area (Å²) in [6, 6.07) is 1.53. The van der Waals surface area contributed by atoms with Crippen molar-refractivity contribution in [3.05, 3.63) is 16.7 Å². The van der Waals surface area contributed by atoms with Gasteiger partial charge in [0.2, 0.25) is 10.0 Å². The average molecular weight is 368 g/mol. The van der Waals surface area contributed by atoms with E-state index in [0.29, 0.717) is 16.8 Å². The summed E-state index contributed by atoms with van der Waals surface area (Å²) in [7, 11) is -1.95. The Kier molecular flexibility index (Phi) is 5.66. The number of nitrogens with zero attached hydrogens (tertiary/aromatic N) is 1. The zero-order chi connectivity index (χ0) is 14.7. The molecule has 0 aromatic carbocycles. The molecule has 2 N–H and O–H groups in total. The van der Waals surface area contributed by atoms with Gasteiger partial charge in [0.25, 0.3) is 0 Å². The monoisotopic (exact) mass is 367 g/mol. The smallest absolute Gasteiger partial charge is 0.244 e. The van der Waals surface area contributed by atoms with E-state index in [4.69, 9.17) is 0 Å². The topological polar surface area (TPSA) is 71.1 Å². The predicted molar refractivity (Wildman–Crippen MR) is 84.3 cm³/mol. The molecule has 1 heterocycles. The molecule has 0 saturated carbocycles. The highest BCUT2D eigenvalue weighted by molar-refractivity contribution is 9.10. The van der Waals surface area contributed by atoms with Crippen LogP contribution < -0.4 is 10.0 Å². The predicted octanol–water partition coefficient (Wildman–Crippen LogP) is 2.31. The maximum atomic E-state index is 12.3. The summed E-state index contributed by atoms with van der Waals surface area (Å²) in [5.74, 6) is 0.331. The van der Waals surface area contributed by atoms with E-state index in [2.05, 4.69) is 31.0 Å². The largest absolute Gasteiger partial charge is 0.372 e. The SMILES string of the molecule is CNc1ncc(Br)cc1S(=O)(=O)NCC(C)(C)SC. The first-order valence-electron chi connectivity index (χ1n) is 5.60. The number of nitrogens with one attached hydrogen (secondary N) is 2. The number of sulfonamides is 1. The number of anilines is 1. The summed E-state index contributed by atoms with van der Waals surface area (Å²) < 4.78 is 27.7. The molecule has 0 saturated heterocycles. The molecule has 108 valence electrons. The molecule has 0 unspecified atom stereocenters. The van der Waals surface area contributed by atoms with Gasteiger partial charge in [-0.3, -0.25) is 0 Å². The molecular formula is C11H18BrN3O2S2. The van der Waals surface area contributed by atoms with Crippen LogP contribution in [0.25, 0.3) is 0 Å². The van der Waals surface area contributed by atoms with Crippen LogP contribution in [0, 0.1) is 0 Å². The summed E-state index contributed by atoms with van der Waals surface area (Å²) >= 11 is 4.84. The molecule has 0 atom stereocenters. The lowest BCUT2D eigenvalue weighted by atomic mass is 10.2. The number of hydrogen-bond donors (Lipinski definition) is 2. The Morgan fingerprint density at radius 2 is 2.11 bits per heavy atom. The van der Waals surface area contributed by atoms with Crippen LogP contribution in [-0.4, -0.2) is 38.0 Å². The molecular weight excluding hydrogens is 350 g/mol. The van der Waals surface area contributed by atoms with Crippen LogP contribution >= 0.6 is 27.7 Å². The van der Waals surface area contributed by atoms with E-state index >= 15 is 0 Å². The molecule has 0 radical (unpaired) electrons. The molecule has 0 aliphatic heterocycles. The number of halogens is 1. The minimum Gasteiger partial charge on any atom is -0.372 e. The van der Waals surface area contributed by atoms with Crippen molar-refractivity contribution in [2.45, 2.75) is 23.5 Å². The number of rotatable bonds is 6. The Morgan fingerprint density at radius 1 is 1.47 bits per heavy atom. The third kappa shape index (κ3) is 4.62. The van der Waals surface area contributed by atoms with Gasteiger partial charge in [0.05, 0.1) is 0 Å². The Morgan fingerprint density at radius 3 is 2.63 bits per heavy atom. The van der Waals surface area contributed by atoms with Gasteiger partial charge in [-0.2, -0.15) is 11.8 Å². The van der Waals surface area contributed by atoms with Gasteiger partial charge < -0.3 is 5.32 Å². The van der Waals surface area contributed by atoms with E-state index in [-0.39, 0.29) is 9.64 Å². The molecule has 0 aliphatic rings. The van der Waals surface area contributed by atoms with Crippen molar-refractivity contribution in [2.75, 3.05) is 25.2 Å². The van der Waals surface area contributed by atoms with Crippen molar-refractivity contribution in [1.29, 1.82) is 0 Å². The van der Waals surface area contributed by atoms with E-state index in [1.54, 1.807) is 25.0 Å². The maximum absolute atomic E-state index is 12.3. The quantitative estimate of drug-likeness (QED) is 0.806. The third-order valence-electron chi connectivity index (χ3n) is 2.59. The number of aromatic nitrogens is 1. The lowest BCUT2D eigenvalue weighted by molar-refractivity contribution is 0.570. The Balaban J connectivity index is 3.04. The zero-order valence-corrected chi connectivity index (χ0v) is 14.5. The van der Waals surface area contributed by atoms with E-state index in [9.17, 15) is 8.42 Å². The number of hydrogen-bond acceptors (Lipinski definition) is 5. The van der Waals surface area contributed by atoms with Gasteiger partial charge >= 0.3 is 0 Å². The van der Waals surface area contributed by atoms with Crippen molar-refractivity contribution >= 4 is 43.5 Å². The molecule has 0 fully saturated rings. The lowest BCUT2D eigenvalue weighted by Gasteiger charge is -2.22. The molecule has 0 bridgehead atoms.